The molecule has 0 aliphatic carbocycles. The van der Waals surface area contributed by atoms with Crippen molar-refractivity contribution in [3.8, 4) is 11.5 Å². The molecule has 0 aromatic heterocycles. The molecule has 3 aliphatic heterocycles. The number of likely N-dealkylation sites (tertiary alicyclic amines) is 1. The summed E-state index contributed by atoms with van der Waals surface area (Å²) < 4.78 is 16.0. The molecule has 3 aliphatic rings. The van der Waals surface area contributed by atoms with Gasteiger partial charge in [-0.05, 0) is 24.1 Å². The summed E-state index contributed by atoms with van der Waals surface area (Å²) in [6, 6.07) is 5.58. The van der Waals surface area contributed by atoms with Crippen LogP contribution in [0.4, 0.5) is 0 Å². The average Bonchev–Trinajstić information content (AvgIpc) is 3.22. The molecule has 0 saturated carbocycles. The highest BCUT2D eigenvalue weighted by Gasteiger charge is 2.39. The van der Waals surface area contributed by atoms with Crippen molar-refractivity contribution < 1.29 is 24.1 Å². The standard InChI is InChI=1S/C18H24N2O5/c21-17(10-14-1-2-15-16(9-14)25-13-24-15)20-4-3-18(22,12-20)11-19-5-7-23-8-6-19/h1-2,9,22H,3-8,10-13H2. The number of amides is 1. The second-order valence-corrected chi connectivity index (χ2v) is 7.04. The number of morpholine rings is 1. The number of benzene rings is 1. The third-order valence-corrected chi connectivity index (χ3v) is 5.10. The van der Waals surface area contributed by atoms with E-state index in [9.17, 15) is 9.90 Å². The van der Waals surface area contributed by atoms with Gasteiger partial charge in [-0.15, -0.1) is 0 Å². The molecule has 1 aromatic carbocycles. The highest BCUT2D eigenvalue weighted by Crippen LogP contribution is 2.33. The summed E-state index contributed by atoms with van der Waals surface area (Å²) in [6.45, 7) is 4.93. The van der Waals surface area contributed by atoms with Crippen LogP contribution in [-0.2, 0) is 16.0 Å². The summed E-state index contributed by atoms with van der Waals surface area (Å²) in [5, 5.41) is 10.8. The summed E-state index contributed by atoms with van der Waals surface area (Å²) in [5.74, 6) is 1.45. The first-order valence-corrected chi connectivity index (χ1v) is 8.80. The van der Waals surface area contributed by atoms with E-state index in [0.29, 0.717) is 51.4 Å². The zero-order valence-electron chi connectivity index (χ0n) is 14.3. The van der Waals surface area contributed by atoms with Crippen molar-refractivity contribution in [3.05, 3.63) is 23.8 Å². The number of hydrogen-bond acceptors (Lipinski definition) is 6. The number of aliphatic hydroxyl groups is 1. The normalized spacial score (nSPS) is 26.2. The van der Waals surface area contributed by atoms with Crippen molar-refractivity contribution in [2.24, 2.45) is 0 Å². The molecule has 0 bridgehead atoms. The third-order valence-electron chi connectivity index (χ3n) is 5.10. The Hall–Kier alpha value is -1.83. The van der Waals surface area contributed by atoms with Gasteiger partial charge in [-0.25, -0.2) is 0 Å². The molecule has 25 heavy (non-hydrogen) atoms. The van der Waals surface area contributed by atoms with Crippen LogP contribution in [-0.4, -0.2) is 79.1 Å². The van der Waals surface area contributed by atoms with Crippen molar-refractivity contribution in [1.82, 2.24) is 9.80 Å². The summed E-state index contributed by atoms with van der Waals surface area (Å²) in [7, 11) is 0. The van der Waals surface area contributed by atoms with Crippen LogP contribution in [0.25, 0.3) is 0 Å². The molecular weight excluding hydrogens is 324 g/mol. The van der Waals surface area contributed by atoms with Crippen LogP contribution in [0.1, 0.15) is 12.0 Å². The average molecular weight is 348 g/mol. The highest BCUT2D eigenvalue weighted by molar-refractivity contribution is 5.79. The fraction of sp³-hybridized carbons (Fsp3) is 0.611. The number of rotatable bonds is 4. The number of fused-ring (bicyclic) bond motifs is 1. The Labute approximate surface area is 147 Å². The van der Waals surface area contributed by atoms with E-state index in [1.165, 1.54) is 0 Å². The van der Waals surface area contributed by atoms with Gasteiger partial charge in [0.15, 0.2) is 11.5 Å². The van der Waals surface area contributed by atoms with Crippen molar-refractivity contribution in [2.75, 3.05) is 52.7 Å². The van der Waals surface area contributed by atoms with Crippen molar-refractivity contribution in [1.29, 1.82) is 0 Å². The van der Waals surface area contributed by atoms with Gasteiger partial charge in [-0.1, -0.05) is 6.07 Å². The van der Waals surface area contributed by atoms with Crippen molar-refractivity contribution >= 4 is 5.91 Å². The molecule has 1 atom stereocenters. The van der Waals surface area contributed by atoms with E-state index in [1.807, 2.05) is 18.2 Å². The Morgan fingerprint density at radius 1 is 1.16 bits per heavy atom. The molecule has 1 amide bonds. The first-order valence-electron chi connectivity index (χ1n) is 8.80. The fourth-order valence-corrected chi connectivity index (χ4v) is 3.71. The van der Waals surface area contributed by atoms with E-state index in [4.69, 9.17) is 14.2 Å². The van der Waals surface area contributed by atoms with E-state index in [1.54, 1.807) is 4.90 Å². The van der Waals surface area contributed by atoms with Gasteiger partial charge in [0.2, 0.25) is 12.7 Å². The van der Waals surface area contributed by atoms with E-state index in [0.717, 1.165) is 24.4 Å². The number of nitrogens with zero attached hydrogens (tertiary/aromatic N) is 2. The second-order valence-electron chi connectivity index (χ2n) is 7.04. The maximum Gasteiger partial charge on any atom is 0.231 e. The number of carbonyl (C=O) groups excluding carboxylic acids is 1. The lowest BCUT2D eigenvalue weighted by Crippen LogP contribution is -2.49. The van der Waals surface area contributed by atoms with Gasteiger partial charge < -0.3 is 24.2 Å². The van der Waals surface area contributed by atoms with Crippen molar-refractivity contribution in [3.63, 3.8) is 0 Å². The SMILES string of the molecule is O=C(Cc1ccc2c(c1)OCO2)N1CCC(O)(CN2CCOCC2)C1. The van der Waals surface area contributed by atoms with Gasteiger partial charge in [0.1, 0.15) is 0 Å². The molecule has 136 valence electrons. The lowest BCUT2D eigenvalue weighted by Gasteiger charge is -2.33. The molecule has 1 unspecified atom stereocenters. The minimum absolute atomic E-state index is 0.0387. The third kappa shape index (κ3) is 3.73. The zero-order valence-corrected chi connectivity index (χ0v) is 14.3. The lowest BCUT2D eigenvalue weighted by molar-refractivity contribution is -0.130. The molecule has 3 heterocycles. The van der Waals surface area contributed by atoms with Gasteiger partial charge in [0, 0.05) is 26.2 Å². The summed E-state index contributed by atoms with van der Waals surface area (Å²) in [4.78, 5) is 16.6. The van der Waals surface area contributed by atoms with Crippen molar-refractivity contribution in [2.45, 2.75) is 18.4 Å². The predicted octanol–water partition coefficient (Wildman–Crippen LogP) is 0.253. The molecule has 2 saturated heterocycles. The smallest absolute Gasteiger partial charge is 0.231 e. The molecule has 4 rings (SSSR count). The summed E-state index contributed by atoms with van der Waals surface area (Å²) in [5.41, 5.74) is 0.0832. The van der Waals surface area contributed by atoms with Crippen LogP contribution in [0.5, 0.6) is 11.5 Å². The van der Waals surface area contributed by atoms with Crippen LogP contribution in [0.3, 0.4) is 0 Å². The summed E-state index contributed by atoms with van der Waals surface area (Å²) >= 11 is 0. The zero-order chi connectivity index (χ0) is 17.3. The first kappa shape index (κ1) is 16.6. The molecule has 7 heteroatoms. The maximum absolute atomic E-state index is 12.6. The molecule has 1 aromatic rings. The molecule has 0 spiro atoms. The van der Waals surface area contributed by atoms with Crippen LogP contribution >= 0.6 is 0 Å². The number of hydrogen-bond donors (Lipinski definition) is 1. The number of β-amino-alcohol motifs (C(OH)–C–C–N with tert-alkyl or cyclic N) is 1. The first-order chi connectivity index (χ1) is 12.1. The van der Waals surface area contributed by atoms with Gasteiger partial charge in [0.25, 0.3) is 0 Å². The monoisotopic (exact) mass is 348 g/mol. The Bertz CT molecular complexity index is 646. The molecule has 2 fully saturated rings. The van der Waals surface area contributed by atoms with Gasteiger partial charge in [-0.2, -0.15) is 0 Å². The quantitative estimate of drug-likeness (QED) is 0.841. The molecule has 1 N–H and O–H groups in total. The lowest BCUT2D eigenvalue weighted by atomic mass is 10.0. The topological polar surface area (TPSA) is 71.5 Å². The minimum atomic E-state index is -0.818. The fourth-order valence-electron chi connectivity index (χ4n) is 3.71. The van der Waals surface area contributed by atoms with Crippen LogP contribution < -0.4 is 9.47 Å². The van der Waals surface area contributed by atoms with E-state index in [2.05, 4.69) is 4.90 Å². The molecule has 0 radical (unpaired) electrons. The van der Waals surface area contributed by atoms with Crippen LogP contribution in [0.15, 0.2) is 18.2 Å². The molecular formula is C18H24N2O5. The Morgan fingerprint density at radius 3 is 2.80 bits per heavy atom. The minimum Gasteiger partial charge on any atom is -0.454 e. The Morgan fingerprint density at radius 2 is 1.96 bits per heavy atom. The van der Waals surface area contributed by atoms with Gasteiger partial charge >= 0.3 is 0 Å². The van der Waals surface area contributed by atoms with Crippen LogP contribution in [0.2, 0.25) is 0 Å². The van der Waals surface area contributed by atoms with Gasteiger partial charge in [-0.3, -0.25) is 9.69 Å². The summed E-state index contributed by atoms with van der Waals surface area (Å²) in [6.07, 6.45) is 0.932. The molecule has 7 nitrogen and oxygen atoms in total. The Balaban J connectivity index is 1.33. The number of ether oxygens (including phenoxy) is 3. The highest BCUT2D eigenvalue weighted by atomic mass is 16.7. The van der Waals surface area contributed by atoms with E-state index in [-0.39, 0.29) is 12.7 Å². The van der Waals surface area contributed by atoms with Gasteiger partial charge in [0.05, 0.1) is 31.8 Å². The van der Waals surface area contributed by atoms with Crippen LogP contribution in [0, 0.1) is 0 Å². The Kier molecular flexibility index (Phi) is 4.54. The second kappa shape index (κ2) is 6.82. The maximum atomic E-state index is 12.6. The predicted molar refractivity (Wildman–Crippen MR) is 89.7 cm³/mol. The van der Waals surface area contributed by atoms with E-state index >= 15 is 0 Å². The number of carbonyl (C=O) groups is 1. The van der Waals surface area contributed by atoms with E-state index < -0.39 is 5.60 Å². The largest absolute Gasteiger partial charge is 0.454 e.